The number of nitrogens with one attached hydrogen (secondary N) is 1. The van der Waals surface area contributed by atoms with Crippen molar-refractivity contribution >= 4 is 11.8 Å². The quantitative estimate of drug-likeness (QED) is 0.248. The number of carbonyl (C=O) groups excluding carboxylic acids is 1. The molecule has 0 saturated carbocycles. The molecule has 3 heterocycles. The zero-order valence-corrected chi connectivity index (χ0v) is 22.2. The van der Waals surface area contributed by atoms with E-state index >= 15 is 4.39 Å². The van der Waals surface area contributed by atoms with Gasteiger partial charge < -0.3 is 18.7 Å². The Balaban J connectivity index is 1.14. The minimum Gasteiger partial charge on any atom is -0.497 e. The van der Waals surface area contributed by atoms with Crippen molar-refractivity contribution in [2.75, 3.05) is 45.2 Å². The summed E-state index contributed by atoms with van der Waals surface area (Å²) < 4.78 is 46.3. The molecule has 0 spiro atoms. The lowest BCUT2D eigenvalue weighted by atomic mass is 9.83. The lowest BCUT2D eigenvalue weighted by molar-refractivity contribution is -0.946. The predicted octanol–water partition coefficient (Wildman–Crippen LogP) is 6.19. The van der Waals surface area contributed by atoms with Crippen LogP contribution < -0.4 is 14.8 Å². The number of carbonyl (C=O) groups is 1. The SMILES string of the molecule is COc1cccc(OCCC[N+]23CCC(CC2)[C@@H](OC(=O)Nc2cccc(Cc4ccc(F)cc4)c2F)C3)c1. The molecular weight excluding hydrogens is 502 g/mol. The number of fused-ring (bicyclic) bond motifs is 3. The molecule has 2 bridgehead atoms. The van der Waals surface area contributed by atoms with E-state index in [4.69, 9.17) is 14.2 Å². The largest absolute Gasteiger partial charge is 0.497 e. The van der Waals surface area contributed by atoms with E-state index in [0.29, 0.717) is 24.5 Å². The first kappa shape index (κ1) is 26.9. The van der Waals surface area contributed by atoms with Gasteiger partial charge in [0, 0.05) is 37.7 Å². The number of hydrogen-bond donors (Lipinski definition) is 1. The summed E-state index contributed by atoms with van der Waals surface area (Å²) in [6, 6.07) is 18.4. The summed E-state index contributed by atoms with van der Waals surface area (Å²) in [7, 11) is 1.64. The van der Waals surface area contributed by atoms with Crippen LogP contribution in [0.15, 0.2) is 66.7 Å². The van der Waals surface area contributed by atoms with Gasteiger partial charge in [0.2, 0.25) is 0 Å². The molecule has 0 radical (unpaired) electrons. The predicted molar refractivity (Wildman–Crippen MR) is 145 cm³/mol. The van der Waals surface area contributed by atoms with Gasteiger partial charge in [0.15, 0.2) is 6.10 Å². The zero-order chi connectivity index (χ0) is 27.2. The van der Waals surface area contributed by atoms with E-state index in [-0.39, 0.29) is 17.6 Å². The number of halogens is 2. The van der Waals surface area contributed by atoms with Crippen LogP contribution in [-0.2, 0) is 11.2 Å². The number of piperidine rings is 3. The van der Waals surface area contributed by atoms with E-state index in [0.717, 1.165) is 67.0 Å². The van der Waals surface area contributed by atoms with Crippen LogP contribution in [0.4, 0.5) is 19.3 Å². The van der Waals surface area contributed by atoms with Crippen molar-refractivity contribution in [1.82, 2.24) is 0 Å². The molecule has 3 aliphatic heterocycles. The molecule has 6 rings (SSSR count). The average molecular weight is 538 g/mol. The molecule has 3 aliphatic rings. The highest BCUT2D eigenvalue weighted by atomic mass is 19.1. The van der Waals surface area contributed by atoms with Crippen molar-refractivity contribution in [3.05, 3.63) is 89.5 Å². The molecule has 8 heteroatoms. The standard InChI is InChI=1S/C31H34F2N2O4/c1-37-26-6-3-7-27(20-26)38-18-4-15-35-16-13-23(14-17-35)29(21-35)39-31(36)34-28-8-2-5-24(30(28)33)19-22-9-11-25(32)12-10-22/h2-3,5-12,20,23,29H,4,13-19,21H2,1H3/p+1/t23?,29-,35?/m0/s1. The second kappa shape index (κ2) is 12.0. The van der Waals surface area contributed by atoms with E-state index in [1.54, 1.807) is 31.4 Å². The zero-order valence-electron chi connectivity index (χ0n) is 22.2. The summed E-state index contributed by atoms with van der Waals surface area (Å²) in [5, 5.41) is 2.61. The fourth-order valence-corrected chi connectivity index (χ4v) is 5.86. The first-order valence-corrected chi connectivity index (χ1v) is 13.5. The number of anilines is 1. The normalized spacial score (nSPS) is 21.8. The number of nitrogens with zero attached hydrogens (tertiary/aromatic N) is 1. The van der Waals surface area contributed by atoms with Crippen LogP contribution in [0.2, 0.25) is 0 Å². The molecule has 1 amide bonds. The van der Waals surface area contributed by atoms with Crippen LogP contribution >= 0.6 is 0 Å². The number of hydrogen-bond acceptors (Lipinski definition) is 4. The molecule has 0 aromatic heterocycles. The maximum atomic E-state index is 15.2. The van der Waals surface area contributed by atoms with Gasteiger partial charge in [-0.15, -0.1) is 0 Å². The highest BCUT2D eigenvalue weighted by Crippen LogP contribution is 2.36. The van der Waals surface area contributed by atoms with Crippen molar-refractivity contribution < 1.29 is 32.3 Å². The average Bonchev–Trinajstić information content (AvgIpc) is 2.95. The van der Waals surface area contributed by atoms with E-state index < -0.39 is 11.9 Å². The topological polar surface area (TPSA) is 56.8 Å². The molecule has 3 fully saturated rings. The molecule has 1 N–H and O–H groups in total. The van der Waals surface area contributed by atoms with E-state index in [1.807, 2.05) is 24.3 Å². The number of ether oxygens (including phenoxy) is 3. The van der Waals surface area contributed by atoms with Crippen LogP contribution in [0.1, 0.15) is 30.4 Å². The monoisotopic (exact) mass is 537 g/mol. The summed E-state index contributed by atoms with van der Waals surface area (Å²) in [6.45, 7) is 4.48. The molecule has 0 aliphatic carbocycles. The van der Waals surface area contributed by atoms with Crippen LogP contribution in [0.25, 0.3) is 0 Å². The van der Waals surface area contributed by atoms with Gasteiger partial charge in [-0.25, -0.2) is 13.6 Å². The first-order valence-electron chi connectivity index (χ1n) is 13.5. The highest BCUT2D eigenvalue weighted by molar-refractivity contribution is 5.85. The lowest BCUT2D eigenvalue weighted by Crippen LogP contribution is -2.64. The van der Waals surface area contributed by atoms with Crippen molar-refractivity contribution in [2.45, 2.75) is 31.8 Å². The molecular formula is C31H35F2N2O4+. The van der Waals surface area contributed by atoms with Crippen LogP contribution in [0.3, 0.4) is 0 Å². The Morgan fingerprint density at radius 2 is 1.74 bits per heavy atom. The third kappa shape index (κ3) is 6.68. The fraction of sp³-hybridized carbons (Fsp3) is 0.387. The Labute approximate surface area is 228 Å². The smallest absolute Gasteiger partial charge is 0.412 e. The van der Waals surface area contributed by atoms with Crippen LogP contribution in [-0.4, -0.2) is 56.6 Å². The van der Waals surface area contributed by atoms with Crippen molar-refractivity contribution in [1.29, 1.82) is 0 Å². The second-order valence-corrected chi connectivity index (χ2v) is 10.6. The Bertz CT molecular complexity index is 1280. The van der Waals surface area contributed by atoms with Gasteiger partial charge in [0.05, 0.1) is 39.0 Å². The second-order valence-electron chi connectivity index (χ2n) is 10.6. The minimum absolute atomic E-state index is 0.0828. The lowest BCUT2D eigenvalue weighted by Gasteiger charge is -2.52. The van der Waals surface area contributed by atoms with Gasteiger partial charge >= 0.3 is 6.09 Å². The molecule has 3 aromatic rings. The Hall–Kier alpha value is -3.65. The molecule has 39 heavy (non-hydrogen) atoms. The Morgan fingerprint density at radius 1 is 1.00 bits per heavy atom. The molecule has 3 aromatic carbocycles. The van der Waals surface area contributed by atoms with Gasteiger partial charge in [-0.1, -0.05) is 30.3 Å². The maximum absolute atomic E-state index is 15.2. The minimum atomic E-state index is -0.633. The van der Waals surface area contributed by atoms with Gasteiger partial charge in [-0.2, -0.15) is 0 Å². The summed E-state index contributed by atoms with van der Waals surface area (Å²) in [5.74, 6) is 1.05. The Kier molecular flexibility index (Phi) is 8.31. The number of rotatable bonds is 10. The van der Waals surface area contributed by atoms with Crippen LogP contribution in [0, 0.1) is 17.6 Å². The number of methoxy groups -OCH3 is 1. The third-order valence-electron chi connectivity index (χ3n) is 8.01. The van der Waals surface area contributed by atoms with Crippen molar-refractivity contribution in [3.63, 3.8) is 0 Å². The number of benzene rings is 3. The molecule has 1 atom stereocenters. The Morgan fingerprint density at radius 3 is 2.51 bits per heavy atom. The van der Waals surface area contributed by atoms with E-state index in [1.165, 1.54) is 18.2 Å². The molecule has 0 unspecified atom stereocenters. The maximum Gasteiger partial charge on any atom is 0.412 e. The summed E-state index contributed by atoms with van der Waals surface area (Å²) in [4.78, 5) is 12.8. The van der Waals surface area contributed by atoms with Gasteiger partial charge in [0.1, 0.15) is 29.7 Å². The fourth-order valence-electron chi connectivity index (χ4n) is 5.86. The number of amides is 1. The van der Waals surface area contributed by atoms with Crippen LogP contribution in [0.5, 0.6) is 11.5 Å². The van der Waals surface area contributed by atoms with Gasteiger partial charge in [-0.3, -0.25) is 5.32 Å². The van der Waals surface area contributed by atoms with Crippen molar-refractivity contribution in [3.8, 4) is 11.5 Å². The van der Waals surface area contributed by atoms with Gasteiger partial charge in [-0.05, 0) is 41.5 Å². The molecule has 6 nitrogen and oxygen atoms in total. The highest BCUT2D eigenvalue weighted by Gasteiger charge is 2.47. The van der Waals surface area contributed by atoms with E-state index in [2.05, 4.69) is 5.32 Å². The summed E-state index contributed by atoms with van der Waals surface area (Å²) in [6.07, 6.45) is 2.38. The third-order valence-corrected chi connectivity index (χ3v) is 8.01. The first-order chi connectivity index (χ1) is 18.9. The van der Waals surface area contributed by atoms with Gasteiger partial charge in [0.25, 0.3) is 0 Å². The number of quaternary nitrogens is 1. The molecule has 206 valence electrons. The van der Waals surface area contributed by atoms with E-state index in [9.17, 15) is 9.18 Å². The summed E-state index contributed by atoms with van der Waals surface area (Å²) in [5.41, 5.74) is 1.28. The van der Waals surface area contributed by atoms with Crippen molar-refractivity contribution in [2.24, 2.45) is 5.92 Å². The molecule has 3 saturated heterocycles. The summed E-state index contributed by atoms with van der Waals surface area (Å²) >= 11 is 0.